The van der Waals surface area contributed by atoms with Crippen LogP contribution in [0.1, 0.15) is 42.5 Å². The van der Waals surface area contributed by atoms with E-state index in [1.807, 2.05) is 12.1 Å². The fraction of sp³-hybridized carbons (Fsp3) is 0.350. The third-order valence-corrected chi connectivity index (χ3v) is 6.47. The monoisotopic (exact) mass is 462 g/mol. The van der Waals surface area contributed by atoms with Crippen molar-refractivity contribution in [2.24, 2.45) is 17.0 Å². The van der Waals surface area contributed by atoms with Gasteiger partial charge in [-0.2, -0.15) is 0 Å². The lowest BCUT2D eigenvalue weighted by molar-refractivity contribution is 0.214. The molecule has 2 aliphatic rings. The highest BCUT2D eigenvalue weighted by Crippen LogP contribution is 2.46. The van der Waals surface area contributed by atoms with E-state index in [1.54, 1.807) is 0 Å². The Morgan fingerprint density at radius 3 is 1.84 bits per heavy atom. The van der Waals surface area contributed by atoms with E-state index in [0.717, 1.165) is 27.5 Å². The van der Waals surface area contributed by atoms with Crippen LogP contribution in [0.4, 0.5) is 0 Å². The van der Waals surface area contributed by atoms with E-state index in [4.69, 9.17) is 0 Å². The van der Waals surface area contributed by atoms with Crippen LogP contribution in [0.25, 0.3) is 0 Å². The second-order valence-corrected chi connectivity index (χ2v) is 8.73. The number of rotatable bonds is 2. The summed E-state index contributed by atoms with van der Waals surface area (Å²) in [5.41, 5.74) is 3.43. The molecular formula is C20H20Br2N2O. The normalized spacial score (nSPS) is 30.4. The summed E-state index contributed by atoms with van der Waals surface area (Å²) in [6.45, 7) is 0. The van der Waals surface area contributed by atoms with Crippen LogP contribution in [0.3, 0.4) is 0 Å². The summed E-state index contributed by atoms with van der Waals surface area (Å²) in [5, 5.41) is 17.4. The van der Waals surface area contributed by atoms with Crippen LogP contribution < -0.4 is 5.32 Å². The first-order chi connectivity index (χ1) is 12.2. The van der Waals surface area contributed by atoms with Crippen molar-refractivity contribution in [1.29, 1.82) is 0 Å². The summed E-state index contributed by atoms with van der Waals surface area (Å²) in [7, 11) is 0. The minimum absolute atomic E-state index is 0.156. The smallest absolute Gasteiger partial charge is 0.0670 e. The lowest BCUT2D eigenvalue weighted by Crippen LogP contribution is -2.50. The third-order valence-electron chi connectivity index (χ3n) is 5.48. The van der Waals surface area contributed by atoms with Crippen LogP contribution in [0.5, 0.6) is 0 Å². The summed E-state index contributed by atoms with van der Waals surface area (Å²) in [6.07, 6.45) is 3.29. The maximum Gasteiger partial charge on any atom is 0.0670 e. The van der Waals surface area contributed by atoms with Gasteiger partial charge in [-0.25, -0.2) is 0 Å². The second kappa shape index (κ2) is 7.22. The molecule has 2 bridgehead atoms. The number of hydrogen-bond acceptors (Lipinski definition) is 3. The van der Waals surface area contributed by atoms with Gasteiger partial charge in [0, 0.05) is 32.9 Å². The maximum absolute atomic E-state index is 9.78. The molecule has 0 spiro atoms. The highest BCUT2D eigenvalue weighted by molar-refractivity contribution is 9.10. The van der Waals surface area contributed by atoms with Crippen LogP contribution in [0.2, 0.25) is 0 Å². The minimum atomic E-state index is 0.156. The molecule has 2 fully saturated rings. The Morgan fingerprint density at radius 2 is 1.40 bits per heavy atom. The van der Waals surface area contributed by atoms with Gasteiger partial charge in [0.15, 0.2) is 0 Å². The summed E-state index contributed by atoms with van der Waals surface area (Å²) in [4.78, 5) is 0. The van der Waals surface area contributed by atoms with Gasteiger partial charge in [0.25, 0.3) is 0 Å². The molecule has 1 aliphatic carbocycles. The molecule has 2 N–H and O–H groups in total. The quantitative estimate of drug-likeness (QED) is 0.433. The van der Waals surface area contributed by atoms with Crippen molar-refractivity contribution < 1.29 is 5.21 Å². The van der Waals surface area contributed by atoms with E-state index in [9.17, 15) is 5.21 Å². The van der Waals surface area contributed by atoms with E-state index in [0.29, 0.717) is 0 Å². The number of oxime groups is 1. The number of nitrogens with zero attached hydrogens (tertiary/aromatic N) is 1. The Bertz CT molecular complexity index is 746. The molecule has 1 saturated heterocycles. The highest BCUT2D eigenvalue weighted by atomic mass is 79.9. The summed E-state index contributed by atoms with van der Waals surface area (Å²) < 4.78 is 2.15. The predicted molar refractivity (Wildman–Crippen MR) is 107 cm³/mol. The van der Waals surface area contributed by atoms with Crippen LogP contribution in [0, 0.1) is 11.8 Å². The minimum Gasteiger partial charge on any atom is -0.411 e. The first-order valence-corrected chi connectivity index (χ1v) is 10.2. The zero-order valence-corrected chi connectivity index (χ0v) is 16.9. The van der Waals surface area contributed by atoms with Gasteiger partial charge in [-0.05, 0) is 48.2 Å². The predicted octanol–water partition coefficient (Wildman–Crippen LogP) is 5.84. The van der Waals surface area contributed by atoms with Gasteiger partial charge in [0.1, 0.15) is 0 Å². The molecule has 1 saturated carbocycles. The molecule has 130 valence electrons. The van der Waals surface area contributed by atoms with E-state index < -0.39 is 0 Å². The van der Waals surface area contributed by atoms with Gasteiger partial charge >= 0.3 is 0 Å². The molecule has 0 amide bonds. The average molecular weight is 464 g/mol. The molecule has 25 heavy (non-hydrogen) atoms. The SMILES string of the molecule is ON=C1[C@H]2CCC[C@@H]1C(c1cccc(Br)c1)NC2c1cccc(Br)c1. The van der Waals surface area contributed by atoms with E-state index >= 15 is 0 Å². The molecule has 4 rings (SSSR count). The van der Waals surface area contributed by atoms with Gasteiger partial charge in [-0.1, -0.05) is 67.7 Å². The molecule has 1 heterocycles. The summed E-state index contributed by atoms with van der Waals surface area (Å²) >= 11 is 7.17. The Morgan fingerprint density at radius 1 is 0.880 bits per heavy atom. The summed E-state index contributed by atoms with van der Waals surface area (Å²) in [5.74, 6) is 0.503. The zero-order valence-electron chi connectivity index (χ0n) is 13.7. The van der Waals surface area contributed by atoms with Gasteiger partial charge in [-0.3, -0.25) is 0 Å². The molecule has 4 atom stereocenters. The number of piperidine rings is 1. The van der Waals surface area contributed by atoms with Crippen molar-refractivity contribution in [2.45, 2.75) is 31.3 Å². The maximum atomic E-state index is 9.78. The van der Waals surface area contributed by atoms with Crippen LogP contribution in [0.15, 0.2) is 62.6 Å². The Balaban J connectivity index is 1.78. The van der Waals surface area contributed by atoms with Crippen molar-refractivity contribution >= 4 is 37.6 Å². The average Bonchev–Trinajstić information content (AvgIpc) is 2.61. The molecule has 0 aromatic heterocycles. The van der Waals surface area contributed by atoms with Crippen molar-refractivity contribution in [3.63, 3.8) is 0 Å². The molecule has 2 aromatic rings. The van der Waals surface area contributed by atoms with E-state index in [-0.39, 0.29) is 23.9 Å². The lowest BCUT2D eigenvalue weighted by atomic mass is 9.67. The van der Waals surface area contributed by atoms with Crippen LogP contribution in [-0.2, 0) is 0 Å². The van der Waals surface area contributed by atoms with Crippen molar-refractivity contribution in [1.82, 2.24) is 5.32 Å². The fourth-order valence-corrected chi connectivity index (χ4v) is 5.27. The highest BCUT2D eigenvalue weighted by Gasteiger charge is 2.45. The Hall–Kier alpha value is -1.17. The fourth-order valence-electron chi connectivity index (χ4n) is 4.43. The number of hydrogen-bond donors (Lipinski definition) is 2. The van der Waals surface area contributed by atoms with Gasteiger partial charge in [0.2, 0.25) is 0 Å². The number of fused-ring (bicyclic) bond motifs is 2. The van der Waals surface area contributed by atoms with E-state index in [2.05, 4.69) is 78.7 Å². The zero-order chi connectivity index (χ0) is 17.4. The molecule has 2 aromatic carbocycles. The molecule has 3 nitrogen and oxygen atoms in total. The van der Waals surface area contributed by atoms with Crippen molar-refractivity contribution in [2.75, 3.05) is 0 Å². The first-order valence-electron chi connectivity index (χ1n) is 8.66. The molecule has 1 aliphatic heterocycles. The summed E-state index contributed by atoms with van der Waals surface area (Å²) in [6, 6.07) is 17.2. The molecule has 2 unspecified atom stereocenters. The number of nitrogens with one attached hydrogen (secondary N) is 1. The number of halogens is 2. The largest absolute Gasteiger partial charge is 0.411 e. The van der Waals surface area contributed by atoms with Gasteiger partial charge < -0.3 is 10.5 Å². The molecular weight excluding hydrogens is 444 g/mol. The Kier molecular flexibility index (Phi) is 4.98. The van der Waals surface area contributed by atoms with Gasteiger partial charge in [-0.15, -0.1) is 0 Å². The van der Waals surface area contributed by atoms with Crippen molar-refractivity contribution in [3.05, 3.63) is 68.6 Å². The first kappa shape index (κ1) is 17.3. The van der Waals surface area contributed by atoms with Crippen molar-refractivity contribution in [3.8, 4) is 0 Å². The van der Waals surface area contributed by atoms with Gasteiger partial charge in [0.05, 0.1) is 5.71 Å². The lowest BCUT2D eigenvalue weighted by Gasteiger charge is -2.47. The number of benzene rings is 2. The third kappa shape index (κ3) is 3.29. The van der Waals surface area contributed by atoms with E-state index in [1.165, 1.54) is 17.5 Å². The van der Waals surface area contributed by atoms with Crippen LogP contribution >= 0.6 is 31.9 Å². The standard InChI is InChI=1S/C20H20Br2N2O/c21-14-6-1-4-12(10-14)18-16-8-3-9-17(20(16)24-25)19(23-18)13-5-2-7-15(22)11-13/h1-2,4-7,10-11,16-19,23,25H,3,8-9H2/t16-,17+,18?,19?. The molecule has 5 heteroatoms. The topological polar surface area (TPSA) is 44.6 Å². The molecule has 0 radical (unpaired) electrons. The van der Waals surface area contributed by atoms with Crippen LogP contribution in [-0.4, -0.2) is 10.9 Å². The second-order valence-electron chi connectivity index (χ2n) is 6.90. The Labute approximate surface area is 164 Å².